The van der Waals surface area contributed by atoms with Gasteiger partial charge in [-0.1, -0.05) is 44.2 Å². The van der Waals surface area contributed by atoms with E-state index in [9.17, 15) is 4.79 Å². The second-order valence-electron chi connectivity index (χ2n) is 5.42. The predicted octanol–water partition coefficient (Wildman–Crippen LogP) is 1.51. The van der Waals surface area contributed by atoms with Crippen LogP contribution in [0.4, 0.5) is 0 Å². The van der Waals surface area contributed by atoms with Crippen molar-refractivity contribution in [2.45, 2.75) is 51.5 Å². The number of carbonyl (C=O) groups excluding carboxylic acids is 1. The lowest BCUT2D eigenvalue weighted by atomic mass is 10.1. The summed E-state index contributed by atoms with van der Waals surface area (Å²) in [6.45, 7) is 4.75. The minimum absolute atomic E-state index is 0.114. The Morgan fingerprint density at radius 2 is 2.10 bits per heavy atom. The molecule has 0 spiro atoms. The lowest BCUT2D eigenvalue weighted by Gasteiger charge is -2.26. The molecule has 1 aromatic rings. The van der Waals surface area contributed by atoms with E-state index in [1.54, 1.807) is 10.9 Å². The minimum Gasteiger partial charge on any atom is -0.351 e. The van der Waals surface area contributed by atoms with Crippen molar-refractivity contribution in [1.82, 2.24) is 25.6 Å². The van der Waals surface area contributed by atoms with Crippen LogP contribution >= 0.6 is 0 Å². The predicted molar refractivity (Wildman–Crippen MR) is 77.6 cm³/mol. The van der Waals surface area contributed by atoms with E-state index < -0.39 is 0 Å². The molecule has 0 saturated carbocycles. The summed E-state index contributed by atoms with van der Waals surface area (Å²) < 4.78 is 1.77. The summed E-state index contributed by atoms with van der Waals surface area (Å²) in [6, 6.07) is 0.350. The van der Waals surface area contributed by atoms with E-state index >= 15 is 0 Å². The van der Waals surface area contributed by atoms with Crippen LogP contribution < -0.4 is 10.6 Å². The molecular formula is C14H25N5O. The van der Waals surface area contributed by atoms with Crippen molar-refractivity contribution < 1.29 is 4.79 Å². The number of aromatic nitrogens is 3. The van der Waals surface area contributed by atoms with Crippen LogP contribution in [-0.2, 0) is 0 Å². The average molecular weight is 279 g/mol. The lowest BCUT2D eigenvalue weighted by Crippen LogP contribution is -2.43. The summed E-state index contributed by atoms with van der Waals surface area (Å²) in [4.78, 5) is 11.9. The van der Waals surface area contributed by atoms with Crippen molar-refractivity contribution in [3.8, 4) is 0 Å². The molecule has 1 aliphatic rings. The van der Waals surface area contributed by atoms with Crippen LogP contribution in [0.25, 0.3) is 0 Å². The average Bonchev–Trinajstić information content (AvgIpc) is 2.85. The molecule has 0 aromatic carbocycles. The first-order chi connectivity index (χ1) is 9.81. The van der Waals surface area contributed by atoms with Crippen LogP contribution in [0.3, 0.4) is 0 Å². The summed E-state index contributed by atoms with van der Waals surface area (Å²) >= 11 is 0. The molecule has 0 radical (unpaired) electrons. The summed E-state index contributed by atoms with van der Waals surface area (Å²) in [5, 5.41) is 14.0. The van der Waals surface area contributed by atoms with E-state index in [0.717, 1.165) is 26.1 Å². The van der Waals surface area contributed by atoms with Crippen molar-refractivity contribution in [2.24, 2.45) is 0 Å². The van der Waals surface area contributed by atoms with Crippen molar-refractivity contribution in [1.29, 1.82) is 0 Å². The molecule has 0 aliphatic carbocycles. The molecule has 0 unspecified atom stereocenters. The van der Waals surface area contributed by atoms with E-state index in [1.165, 1.54) is 32.1 Å². The maximum atomic E-state index is 11.9. The third-order valence-corrected chi connectivity index (χ3v) is 3.69. The van der Waals surface area contributed by atoms with Gasteiger partial charge >= 0.3 is 0 Å². The minimum atomic E-state index is -0.114. The molecule has 2 N–H and O–H groups in total. The maximum absolute atomic E-state index is 11.9. The molecule has 0 bridgehead atoms. The van der Waals surface area contributed by atoms with Crippen molar-refractivity contribution in [3.05, 3.63) is 11.9 Å². The first-order valence-corrected chi connectivity index (χ1v) is 7.72. The fourth-order valence-electron chi connectivity index (χ4n) is 2.22. The van der Waals surface area contributed by atoms with Crippen molar-refractivity contribution >= 4 is 5.91 Å². The standard InChI is InChI=1S/C14H25N5O/c1-2-3-4-5-6-7-8-16-14(20)13-11-19(18-17-13)12-9-15-10-12/h11-12,15H,2-10H2,1H3,(H,16,20). The molecule has 112 valence electrons. The molecular weight excluding hydrogens is 254 g/mol. The Bertz CT molecular complexity index is 413. The number of nitrogens with zero attached hydrogens (tertiary/aromatic N) is 3. The van der Waals surface area contributed by atoms with Crippen LogP contribution in [-0.4, -0.2) is 40.5 Å². The molecule has 20 heavy (non-hydrogen) atoms. The molecule has 1 amide bonds. The second-order valence-corrected chi connectivity index (χ2v) is 5.42. The maximum Gasteiger partial charge on any atom is 0.273 e. The second kappa shape index (κ2) is 7.99. The Balaban J connectivity index is 1.60. The molecule has 6 heteroatoms. The largest absolute Gasteiger partial charge is 0.351 e. The fourth-order valence-corrected chi connectivity index (χ4v) is 2.22. The summed E-state index contributed by atoms with van der Waals surface area (Å²) in [5.74, 6) is -0.114. The zero-order chi connectivity index (χ0) is 14.2. The zero-order valence-electron chi connectivity index (χ0n) is 12.3. The van der Waals surface area contributed by atoms with Gasteiger partial charge in [0.25, 0.3) is 5.91 Å². The molecule has 1 fully saturated rings. The van der Waals surface area contributed by atoms with E-state index in [-0.39, 0.29) is 5.91 Å². The van der Waals surface area contributed by atoms with Gasteiger partial charge < -0.3 is 10.6 Å². The number of carbonyl (C=O) groups is 1. The van der Waals surface area contributed by atoms with Gasteiger partial charge in [-0.25, -0.2) is 4.68 Å². The monoisotopic (exact) mass is 279 g/mol. The third kappa shape index (κ3) is 4.30. The van der Waals surface area contributed by atoms with Gasteiger partial charge in [0.05, 0.1) is 12.2 Å². The summed E-state index contributed by atoms with van der Waals surface area (Å²) in [6.07, 6.45) is 9.09. The van der Waals surface area contributed by atoms with Gasteiger partial charge in [0.15, 0.2) is 5.69 Å². The molecule has 6 nitrogen and oxygen atoms in total. The third-order valence-electron chi connectivity index (χ3n) is 3.69. The van der Waals surface area contributed by atoms with Crippen LogP contribution in [0, 0.1) is 0 Å². The normalized spacial score (nSPS) is 15.1. The van der Waals surface area contributed by atoms with Gasteiger partial charge in [-0.2, -0.15) is 0 Å². The number of rotatable bonds is 9. The van der Waals surface area contributed by atoms with Crippen LogP contribution in [0.1, 0.15) is 62.0 Å². The van der Waals surface area contributed by atoms with Gasteiger partial charge in [-0.05, 0) is 6.42 Å². The SMILES string of the molecule is CCCCCCCCNC(=O)c1cn(C2CNC2)nn1. The summed E-state index contributed by atoms with van der Waals surface area (Å²) in [7, 11) is 0. The highest BCUT2D eigenvalue weighted by molar-refractivity contribution is 5.91. The molecule has 0 atom stereocenters. The Morgan fingerprint density at radius 1 is 1.35 bits per heavy atom. The number of amides is 1. The zero-order valence-corrected chi connectivity index (χ0v) is 12.3. The number of nitrogens with one attached hydrogen (secondary N) is 2. The summed E-state index contributed by atoms with van der Waals surface area (Å²) in [5.41, 5.74) is 0.419. The van der Waals surface area contributed by atoms with Gasteiger partial charge in [-0.15, -0.1) is 5.10 Å². The highest BCUT2D eigenvalue weighted by Gasteiger charge is 2.21. The Labute approximate surface area is 120 Å². The molecule has 1 aromatic heterocycles. The van der Waals surface area contributed by atoms with Crippen LogP contribution in [0.15, 0.2) is 6.20 Å². The first-order valence-electron chi connectivity index (χ1n) is 7.72. The van der Waals surface area contributed by atoms with Gasteiger partial charge in [-0.3, -0.25) is 4.79 Å². The highest BCUT2D eigenvalue weighted by atomic mass is 16.2. The molecule has 2 rings (SSSR count). The number of hydrogen-bond donors (Lipinski definition) is 2. The fraction of sp³-hybridized carbons (Fsp3) is 0.786. The van der Waals surface area contributed by atoms with E-state index in [0.29, 0.717) is 11.7 Å². The van der Waals surface area contributed by atoms with Crippen LogP contribution in [0.5, 0.6) is 0 Å². The Hall–Kier alpha value is -1.43. The van der Waals surface area contributed by atoms with Crippen molar-refractivity contribution in [3.63, 3.8) is 0 Å². The quantitative estimate of drug-likeness (QED) is 0.672. The smallest absolute Gasteiger partial charge is 0.273 e. The Morgan fingerprint density at radius 3 is 2.80 bits per heavy atom. The van der Waals surface area contributed by atoms with Crippen LogP contribution in [0.2, 0.25) is 0 Å². The topological polar surface area (TPSA) is 71.8 Å². The number of unbranched alkanes of at least 4 members (excludes halogenated alkanes) is 5. The highest BCUT2D eigenvalue weighted by Crippen LogP contribution is 2.09. The molecule has 2 heterocycles. The van der Waals surface area contributed by atoms with Gasteiger partial charge in [0, 0.05) is 19.6 Å². The molecule has 1 aliphatic heterocycles. The van der Waals surface area contributed by atoms with E-state index in [4.69, 9.17) is 0 Å². The van der Waals surface area contributed by atoms with Gasteiger partial charge in [0.1, 0.15) is 0 Å². The van der Waals surface area contributed by atoms with Crippen molar-refractivity contribution in [2.75, 3.05) is 19.6 Å². The van der Waals surface area contributed by atoms with E-state index in [1.807, 2.05) is 0 Å². The van der Waals surface area contributed by atoms with E-state index in [2.05, 4.69) is 27.9 Å². The Kier molecular flexibility index (Phi) is 5.98. The first kappa shape index (κ1) is 15.0. The van der Waals surface area contributed by atoms with Gasteiger partial charge in [0.2, 0.25) is 0 Å². The molecule has 1 saturated heterocycles. The lowest BCUT2D eigenvalue weighted by molar-refractivity contribution is 0.0948. The number of hydrogen-bond acceptors (Lipinski definition) is 4.